The average molecular weight is 338 g/mol. The second kappa shape index (κ2) is 5.86. The summed E-state index contributed by atoms with van der Waals surface area (Å²) >= 11 is 3.44. The first kappa shape index (κ1) is 14.1. The van der Waals surface area contributed by atoms with Crippen molar-refractivity contribution in [3.8, 4) is 5.75 Å². The number of rotatable bonds is 7. The summed E-state index contributed by atoms with van der Waals surface area (Å²) in [6.07, 6.45) is 5.19. The summed E-state index contributed by atoms with van der Waals surface area (Å²) in [5.41, 5.74) is 0.763. The maximum absolute atomic E-state index is 12.4. The van der Waals surface area contributed by atoms with E-state index < -0.39 is 0 Å². The summed E-state index contributed by atoms with van der Waals surface area (Å²) in [5, 5.41) is 0. The first-order chi connectivity index (χ1) is 9.67. The Balaban J connectivity index is 1.66. The highest BCUT2D eigenvalue weighted by atomic mass is 79.9. The van der Waals surface area contributed by atoms with Crippen LogP contribution in [0.3, 0.4) is 0 Å². The van der Waals surface area contributed by atoms with Crippen LogP contribution < -0.4 is 4.74 Å². The van der Waals surface area contributed by atoms with Gasteiger partial charge in [-0.05, 0) is 65.7 Å². The number of ketones is 1. The van der Waals surface area contributed by atoms with Crippen LogP contribution in [-0.4, -0.2) is 36.9 Å². The zero-order chi connectivity index (χ0) is 14.1. The van der Waals surface area contributed by atoms with E-state index in [1.807, 2.05) is 18.2 Å². The Morgan fingerprint density at radius 2 is 2.10 bits per heavy atom. The Kier molecular flexibility index (Phi) is 4.13. The van der Waals surface area contributed by atoms with Gasteiger partial charge in [0.15, 0.2) is 5.78 Å². The minimum atomic E-state index is 0.209. The van der Waals surface area contributed by atoms with Gasteiger partial charge in [-0.3, -0.25) is 9.69 Å². The van der Waals surface area contributed by atoms with Crippen LogP contribution in [0.4, 0.5) is 0 Å². The molecule has 0 heterocycles. The summed E-state index contributed by atoms with van der Waals surface area (Å²) < 4.78 is 6.04. The Morgan fingerprint density at radius 3 is 2.65 bits per heavy atom. The third-order valence-electron chi connectivity index (χ3n) is 4.07. The lowest BCUT2D eigenvalue weighted by molar-refractivity contribution is 0.0921. The molecule has 108 valence electrons. The zero-order valence-corrected chi connectivity index (χ0v) is 13.4. The molecule has 2 saturated carbocycles. The maximum atomic E-state index is 12.4. The first-order valence-corrected chi connectivity index (χ1v) is 8.07. The summed E-state index contributed by atoms with van der Waals surface area (Å²) in [6.45, 7) is 1.66. The molecule has 4 heteroatoms. The van der Waals surface area contributed by atoms with Crippen LogP contribution >= 0.6 is 15.9 Å². The van der Waals surface area contributed by atoms with Crippen molar-refractivity contribution in [1.29, 1.82) is 0 Å². The van der Waals surface area contributed by atoms with Gasteiger partial charge in [0, 0.05) is 18.2 Å². The first-order valence-electron chi connectivity index (χ1n) is 7.28. The number of carbonyl (C=O) groups is 1. The zero-order valence-electron chi connectivity index (χ0n) is 11.8. The molecule has 2 fully saturated rings. The molecule has 0 atom stereocenters. The number of halogens is 1. The predicted molar refractivity (Wildman–Crippen MR) is 82.3 cm³/mol. The fourth-order valence-electron chi connectivity index (χ4n) is 2.53. The lowest BCUT2D eigenvalue weighted by Gasteiger charge is -2.21. The van der Waals surface area contributed by atoms with Crippen molar-refractivity contribution < 1.29 is 9.53 Å². The lowest BCUT2D eigenvalue weighted by atomic mass is 10.1. The molecule has 0 spiro atoms. The number of Topliss-reactive ketones (excluding diaryl/α,β-unsaturated/α-hetero) is 1. The van der Waals surface area contributed by atoms with Gasteiger partial charge >= 0.3 is 0 Å². The van der Waals surface area contributed by atoms with E-state index in [9.17, 15) is 4.79 Å². The number of hydrogen-bond donors (Lipinski definition) is 0. The molecule has 0 amide bonds. The van der Waals surface area contributed by atoms with Gasteiger partial charge in [0.1, 0.15) is 5.75 Å². The standard InChI is InChI=1S/C16H20BrNO2/c1-20-16-7-4-12(8-14(16)17)15(19)10-18(13-5-6-13)9-11-2-3-11/h4,7-8,11,13H,2-3,5-6,9-10H2,1H3. The third kappa shape index (κ3) is 3.41. The number of methoxy groups -OCH3 is 1. The number of hydrogen-bond acceptors (Lipinski definition) is 3. The van der Waals surface area contributed by atoms with Crippen LogP contribution in [0, 0.1) is 5.92 Å². The van der Waals surface area contributed by atoms with Gasteiger partial charge in [-0.25, -0.2) is 0 Å². The van der Waals surface area contributed by atoms with Crippen LogP contribution in [0.5, 0.6) is 5.75 Å². The molecule has 2 aliphatic rings. The largest absolute Gasteiger partial charge is 0.496 e. The monoisotopic (exact) mass is 337 g/mol. The molecule has 0 unspecified atom stereocenters. The predicted octanol–water partition coefficient (Wildman–Crippen LogP) is 3.51. The summed E-state index contributed by atoms with van der Waals surface area (Å²) in [4.78, 5) is 14.8. The van der Waals surface area contributed by atoms with Gasteiger partial charge in [-0.2, -0.15) is 0 Å². The number of carbonyl (C=O) groups excluding carboxylic acids is 1. The summed E-state index contributed by atoms with van der Waals surface area (Å²) in [7, 11) is 1.63. The van der Waals surface area contributed by atoms with Crippen LogP contribution in [0.2, 0.25) is 0 Å². The van der Waals surface area contributed by atoms with Crippen molar-refractivity contribution in [2.24, 2.45) is 5.92 Å². The van der Waals surface area contributed by atoms with Gasteiger partial charge < -0.3 is 4.74 Å². The molecular weight excluding hydrogens is 318 g/mol. The van der Waals surface area contributed by atoms with Gasteiger partial charge in [-0.15, -0.1) is 0 Å². The molecule has 0 aliphatic heterocycles. The van der Waals surface area contributed by atoms with Gasteiger partial charge in [0.2, 0.25) is 0 Å². The number of benzene rings is 1. The molecule has 0 radical (unpaired) electrons. The quantitative estimate of drug-likeness (QED) is 0.713. The molecular formula is C16H20BrNO2. The fraction of sp³-hybridized carbons (Fsp3) is 0.562. The second-order valence-electron chi connectivity index (χ2n) is 5.88. The SMILES string of the molecule is COc1ccc(C(=O)CN(CC2CC2)C2CC2)cc1Br. The molecule has 3 nitrogen and oxygen atoms in total. The van der Waals surface area contributed by atoms with E-state index in [0.29, 0.717) is 12.6 Å². The van der Waals surface area contributed by atoms with E-state index >= 15 is 0 Å². The Bertz CT molecular complexity index is 509. The number of ether oxygens (including phenoxy) is 1. The van der Waals surface area contributed by atoms with Crippen LogP contribution in [0.15, 0.2) is 22.7 Å². The highest BCUT2D eigenvalue weighted by Gasteiger charge is 2.34. The molecule has 0 N–H and O–H groups in total. The second-order valence-corrected chi connectivity index (χ2v) is 6.73. The van der Waals surface area contributed by atoms with Crippen molar-refractivity contribution in [3.05, 3.63) is 28.2 Å². The molecule has 1 aromatic carbocycles. The van der Waals surface area contributed by atoms with Crippen molar-refractivity contribution >= 4 is 21.7 Å². The summed E-state index contributed by atoms with van der Waals surface area (Å²) in [6, 6.07) is 6.22. The smallest absolute Gasteiger partial charge is 0.176 e. The lowest BCUT2D eigenvalue weighted by Crippen LogP contribution is -2.33. The van der Waals surface area contributed by atoms with Crippen molar-refractivity contribution in [1.82, 2.24) is 4.90 Å². The van der Waals surface area contributed by atoms with E-state index in [1.165, 1.54) is 25.7 Å². The van der Waals surface area contributed by atoms with Crippen LogP contribution in [0.1, 0.15) is 36.0 Å². The molecule has 0 aromatic heterocycles. The Hall–Kier alpha value is -0.870. The van der Waals surface area contributed by atoms with Crippen LogP contribution in [0.25, 0.3) is 0 Å². The van der Waals surface area contributed by atoms with E-state index in [0.717, 1.165) is 28.2 Å². The fourth-order valence-corrected chi connectivity index (χ4v) is 3.07. The van der Waals surface area contributed by atoms with E-state index in [-0.39, 0.29) is 5.78 Å². The van der Waals surface area contributed by atoms with Crippen LogP contribution in [-0.2, 0) is 0 Å². The minimum Gasteiger partial charge on any atom is -0.496 e. The van der Waals surface area contributed by atoms with Gasteiger partial charge in [0.05, 0.1) is 18.1 Å². The molecule has 0 saturated heterocycles. The highest BCUT2D eigenvalue weighted by Crippen LogP contribution is 2.35. The van der Waals surface area contributed by atoms with Crippen molar-refractivity contribution in [2.45, 2.75) is 31.7 Å². The third-order valence-corrected chi connectivity index (χ3v) is 4.69. The summed E-state index contributed by atoms with van der Waals surface area (Å²) in [5.74, 6) is 1.81. The Labute approximate surface area is 128 Å². The molecule has 2 aliphatic carbocycles. The normalized spacial score (nSPS) is 18.4. The van der Waals surface area contributed by atoms with E-state index in [4.69, 9.17) is 4.74 Å². The van der Waals surface area contributed by atoms with E-state index in [1.54, 1.807) is 7.11 Å². The maximum Gasteiger partial charge on any atom is 0.176 e. The topological polar surface area (TPSA) is 29.5 Å². The molecule has 20 heavy (non-hydrogen) atoms. The molecule has 3 rings (SSSR count). The molecule has 1 aromatic rings. The molecule has 0 bridgehead atoms. The van der Waals surface area contributed by atoms with Crippen molar-refractivity contribution in [3.63, 3.8) is 0 Å². The Morgan fingerprint density at radius 1 is 1.35 bits per heavy atom. The van der Waals surface area contributed by atoms with Gasteiger partial charge in [-0.1, -0.05) is 0 Å². The van der Waals surface area contributed by atoms with Gasteiger partial charge in [0.25, 0.3) is 0 Å². The highest BCUT2D eigenvalue weighted by molar-refractivity contribution is 9.10. The average Bonchev–Trinajstić information content (AvgIpc) is 3.30. The van der Waals surface area contributed by atoms with E-state index in [2.05, 4.69) is 20.8 Å². The number of nitrogens with zero attached hydrogens (tertiary/aromatic N) is 1. The minimum absolute atomic E-state index is 0.209. The van der Waals surface area contributed by atoms with Crippen molar-refractivity contribution in [2.75, 3.05) is 20.2 Å².